The van der Waals surface area contributed by atoms with E-state index in [1.54, 1.807) is 35.2 Å². The minimum atomic E-state index is -0.600. The Hall–Kier alpha value is -3.17. The molecule has 34 heavy (non-hydrogen) atoms. The van der Waals surface area contributed by atoms with E-state index in [0.29, 0.717) is 5.56 Å². The van der Waals surface area contributed by atoms with Crippen LogP contribution in [0.15, 0.2) is 46.7 Å². The van der Waals surface area contributed by atoms with Crippen molar-refractivity contribution in [2.24, 2.45) is 0 Å². The highest BCUT2D eigenvalue weighted by atomic mass is 32.2. The van der Waals surface area contributed by atoms with Gasteiger partial charge in [0, 0.05) is 21.7 Å². The summed E-state index contributed by atoms with van der Waals surface area (Å²) in [6, 6.07) is 10.9. The maximum Gasteiger partial charge on any atom is 0.338 e. The number of hydrogen-bond acceptors (Lipinski definition) is 7. The maximum atomic E-state index is 12.2. The van der Waals surface area contributed by atoms with Gasteiger partial charge in [0.15, 0.2) is 6.61 Å². The normalized spacial score (nSPS) is 10.6. The number of thioether (sulfide) groups is 1. The third-order valence-corrected chi connectivity index (χ3v) is 6.73. The molecule has 3 rings (SSSR count). The molecule has 3 aromatic rings. The van der Waals surface area contributed by atoms with E-state index in [0.717, 1.165) is 43.7 Å². The van der Waals surface area contributed by atoms with Gasteiger partial charge in [-0.2, -0.15) is 0 Å². The van der Waals surface area contributed by atoms with Crippen LogP contribution in [0.1, 0.15) is 37.7 Å². The summed E-state index contributed by atoms with van der Waals surface area (Å²) < 4.78 is 5.07. The molecule has 2 N–H and O–H groups in total. The summed E-state index contributed by atoms with van der Waals surface area (Å²) >= 11 is 3.25. The second-order valence-corrected chi connectivity index (χ2v) is 9.96. The van der Waals surface area contributed by atoms with Crippen LogP contribution in [0.5, 0.6) is 0 Å². The molecule has 0 radical (unpaired) electrons. The van der Waals surface area contributed by atoms with Crippen LogP contribution < -0.4 is 10.6 Å². The second-order valence-electron chi connectivity index (χ2n) is 7.85. The number of rotatable bonds is 9. The lowest BCUT2D eigenvalue weighted by Crippen LogP contribution is -2.35. The van der Waals surface area contributed by atoms with E-state index in [2.05, 4.69) is 15.6 Å². The molecule has 1 aromatic heterocycles. The summed E-state index contributed by atoms with van der Waals surface area (Å²) in [5.74, 6) is -0.746. The average Bonchev–Trinajstić information content (AvgIpc) is 3.22. The third-order valence-electron chi connectivity index (χ3n) is 4.87. The van der Waals surface area contributed by atoms with Crippen LogP contribution in [0, 0.1) is 27.7 Å². The Bertz CT molecular complexity index is 1170. The molecule has 1 heterocycles. The number of hydrogen-bond donors (Lipinski definition) is 2. The van der Waals surface area contributed by atoms with E-state index in [-0.39, 0.29) is 12.5 Å². The van der Waals surface area contributed by atoms with Crippen molar-refractivity contribution in [2.45, 2.75) is 38.3 Å². The van der Waals surface area contributed by atoms with Crippen molar-refractivity contribution in [2.75, 3.05) is 18.5 Å². The highest BCUT2D eigenvalue weighted by molar-refractivity contribution is 7.98. The van der Waals surface area contributed by atoms with Crippen molar-refractivity contribution in [1.82, 2.24) is 10.3 Å². The summed E-state index contributed by atoms with van der Waals surface area (Å²) in [6.07, 6.45) is 0. The largest absolute Gasteiger partial charge is 0.452 e. The highest BCUT2D eigenvalue weighted by Crippen LogP contribution is 2.24. The first-order valence-corrected chi connectivity index (χ1v) is 12.5. The smallest absolute Gasteiger partial charge is 0.338 e. The van der Waals surface area contributed by atoms with Crippen LogP contribution in [-0.4, -0.2) is 35.9 Å². The zero-order valence-corrected chi connectivity index (χ0v) is 21.2. The fourth-order valence-corrected chi connectivity index (χ4v) is 4.83. The number of carbonyl (C=O) groups is 3. The van der Waals surface area contributed by atoms with Gasteiger partial charge in [0.1, 0.15) is 0 Å². The number of anilines is 1. The SMILES string of the molecule is Cc1cc(C)c(NC(=O)CNC(=O)COC(=O)c2ccc(SCc3csc(C)n3)cc2)c(C)c1. The molecule has 0 spiro atoms. The summed E-state index contributed by atoms with van der Waals surface area (Å²) in [4.78, 5) is 41.9. The number of nitrogens with one attached hydrogen (secondary N) is 2. The lowest BCUT2D eigenvalue weighted by molar-refractivity contribution is -0.126. The molecular weight excluding hydrogens is 470 g/mol. The van der Waals surface area contributed by atoms with Crippen LogP contribution in [0.2, 0.25) is 0 Å². The lowest BCUT2D eigenvalue weighted by atomic mass is 10.1. The molecule has 178 valence electrons. The molecule has 0 bridgehead atoms. The van der Waals surface area contributed by atoms with Gasteiger partial charge in [-0.15, -0.1) is 23.1 Å². The number of aryl methyl sites for hydroxylation is 4. The summed E-state index contributed by atoms with van der Waals surface area (Å²) in [7, 11) is 0. The first-order valence-electron chi connectivity index (χ1n) is 10.7. The molecule has 2 aromatic carbocycles. The van der Waals surface area contributed by atoms with Crippen LogP contribution in [0.4, 0.5) is 5.69 Å². The zero-order valence-electron chi connectivity index (χ0n) is 19.6. The van der Waals surface area contributed by atoms with Crippen molar-refractivity contribution in [3.8, 4) is 0 Å². The topological polar surface area (TPSA) is 97.4 Å². The molecule has 0 unspecified atom stereocenters. The Kier molecular flexibility index (Phi) is 8.84. The standard InChI is InChI=1S/C25H27N3O4S2/c1-15-9-16(2)24(17(3)10-15)28-22(29)11-26-23(30)12-32-25(31)19-5-7-21(8-6-19)34-14-20-13-33-18(4)27-20/h5-10,13H,11-12,14H2,1-4H3,(H,26,30)(H,28,29). The average molecular weight is 498 g/mol. The Balaban J connectivity index is 1.40. The number of aromatic nitrogens is 1. The summed E-state index contributed by atoms with van der Waals surface area (Å²) in [5.41, 5.74) is 5.13. The summed E-state index contributed by atoms with van der Waals surface area (Å²) in [5, 5.41) is 8.35. The molecule has 0 aliphatic carbocycles. The Morgan fingerprint density at radius 3 is 2.29 bits per heavy atom. The first-order chi connectivity index (χ1) is 16.2. The highest BCUT2D eigenvalue weighted by Gasteiger charge is 2.13. The van der Waals surface area contributed by atoms with Gasteiger partial charge < -0.3 is 15.4 Å². The quantitative estimate of drug-likeness (QED) is 0.332. The Morgan fingerprint density at radius 2 is 1.68 bits per heavy atom. The van der Waals surface area contributed by atoms with Gasteiger partial charge in [0.25, 0.3) is 5.91 Å². The molecule has 9 heteroatoms. The van der Waals surface area contributed by atoms with E-state index in [1.807, 2.05) is 57.3 Å². The van der Waals surface area contributed by atoms with Crippen LogP contribution >= 0.6 is 23.1 Å². The molecular formula is C25H27N3O4S2. The number of amides is 2. The van der Waals surface area contributed by atoms with E-state index >= 15 is 0 Å². The maximum absolute atomic E-state index is 12.2. The fraction of sp³-hybridized carbons (Fsp3) is 0.280. The molecule has 0 aliphatic heterocycles. The van der Waals surface area contributed by atoms with E-state index in [9.17, 15) is 14.4 Å². The van der Waals surface area contributed by atoms with Gasteiger partial charge in [-0.05, 0) is 63.1 Å². The summed E-state index contributed by atoms with van der Waals surface area (Å²) in [6.45, 7) is 7.12. The number of carbonyl (C=O) groups excluding carboxylic acids is 3. The minimum absolute atomic E-state index is 0.215. The van der Waals surface area contributed by atoms with Crippen molar-refractivity contribution in [3.63, 3.8) is 0 Å². The predicted octanol–water partition coefficient (Wildman–Crippen LogP) is 4.58. The van der Waals surface area contributed by atoms with Gasteiger partial charge in [-0.1, -0.05) is 17.7 Å². The minimum Gasteiger partial charge on any atom is -0.452 e. The monoisotopic (exact) mass is 497 g/mol. The van der Waals surface area contributed by atoms with Gasteiger partial charge in [-0.25, -0.2) is 9.78 Å². The molecule has 2 amide bonds. The van der Waals surface area contributed by atoms with Crippen molar-refractivity contribution in [3.05, 3.63) is 74.7 Å². The van der Waals surface area contributed by atoms with E-state index in [4.69, 9.17) is 4.74 Å². The first kappa shape index (κ1) is 25.5. The van der Waals surface area contributed by atoms with E-state index in [1.165, 1.54) is 0 Å². The molecule has 0 saturated heterocycles. The third kappa shape index (κ3) is 7.43. The van der Waals surface area contributed by atoms with Gasteiger partial charge in [0.2, 0.25) is 5.91 Å². The molecule has 0 atom stereocenters. The molecule has 0 fully saturated rings. The predicted molar refractivity (Wildman–Crippen MR) is 135 cm³/mol. The van der Waals surface area contributed by atoms with Crippen molar-refractivity contribution in [1.29, 1.82) is 0 Å². The number of nitrogens with zero attached hydrogens (tertiary/aromatic N) is 1. The van der Waals surface area contributed by atoms with Crippen molar-refractivity contribution >= 4 is 46.6 Å². The molecule has 7 nitrogen and oxygen atoms in total. The Labute approximate surface area is 207 Å². The van der Waals surface area contributed by atoms with Crippen LogP contribution in [-0.2, 0) is 20.1 Å². The molecule has 0 saturated carbocycles. The Morgan fingerprint density at radius 1 is 1.00 bits per heavy atom. The number of thiazole rings is 1. The van der Waals surface area contributed by atoms with E-state index < -0.39 is 18.5 Å². The molecule has 0 aliphatic rings. The van der Waals surface area contributed by atoms with Gasteiger partial charge in [-0.3, -0.25) is 9.59 Å². The van der Waals surface area contributed by atoms with Gasteiger partial charge in [0.05, 0.1) is 22.8 Å². The van der Waals surface area contributed by atoms with Crippen molar-refractivity contribution < 1.29 is 19.1 Å². The number of esters is 1. The number of benzene rings is 2. The van der Waals surface area contributed by atoms with Crippen LogP contribution in [0.3, 0.4) is 0 Å². The van der Waals surface area contributed by atoms with Gasteiger partial charge >= 0.3 is 5.97 Å². The van der Waals surface area contributed by atoms with Crippen LogP contribution in [0.25, 0.3) is 0 Å². The fourth-order valence-electron chi connectivity index (χ4n) is 3.32. The second kappa shape index (κ2) is 11.8. The number of ether oxygens (including phenoxy) is 1. The lowest BCUT2D eigenvalue weighted by Gasteiger charge is -2.13. The zero-order chi connectivity index (χ0) is 24.7.